The predicted octanol–water partition coefficient (Wildman–Crippen LogP) is -0.0941. The highest BCUT2D eigenvalue weighted by Gasteiger charge is 2.46. The van der Waals surface area contributed by atoms with E-state index >= 15 is 0 Å². The summed E-state index contributed by atoms with van der Waals surface area (Å²) in [5.74, 6) is -3.05. The van der Waals surface area contributed by atoms with Crippen molar-refractivity contribution in [3.8, 4) is 0 Å². The number of hydrazine groups is 1. The molecule has 2 saturated heterocycles. The molecule has 0 bridgehead atoms. The summed E-state index contributed by atoms with van der Waals surface area (Å²) in [6.45, 7) is 0.257. The third kappa shape index (κ3) is 4.37. The van der Waals surface area contributed by atoms with Crippen molar-refractivity contribution in [3.63, 3.8) is 0 Å². The zero-order valence-corrected chi connectivity index (χ0v) is 15.3. The number of rotatable bonds is 7. The van der Waals surface area contributed by atoms with Crippen LogP contribution in [0.5, 0.6) is 0 Å². The number of nitrogens with zero attached hydrogens (tertiary/aromatic N) is 2. The topological polar surface area (TPSA) is 127 Å². The largest absolute Gasteiger partial charge is 0.480 e. The number of carboxylic acid groups (broad SMARTS) is 2. The van der Waals surface area contributed by atoms with Crippen LogP contribution in [0.3, 0.4) is 0 Å². The number of carbonyl (C=O) groups is 4. The molecule has 1 amide bonds. The summed E-state index contributed by atoms with van der Waals surface area (Å²) in [5, 5.41) is 24.3. The smallest absolute Gasteiger partial charge is 0.328 e. The fourth-order valence-corrected chi connectivity index (χ4v) is 3.72. The van der Waals surface area contributed by atoms with Crippen LogP contribution >= 0.6 is 0 Å². The van der Waals surface area contributed by atoms with Crippen LogP contribution in [0.25, 0.3) is 0 Å². The number of aryl methyl sites for hydroxylation is 1. The summed E-state index contributed by atoms with van der Waals surface area (Å²) in [6, 6.07) is 6.24. The van der Waals surface area contributed by atoms with Gasteiger partial charge in [0.15, 0.2) is 5.78 Å². The molecule has 2 fully saturated rings. The predicted molar refractivity (Wildman–Crippen MR) is 97.2 cm³/mol. The Labute approximate surface area is 161 Å². The van der Waals surface area contributed by atoms with Gasteiger partial charge in [0.1, 0.15) is 12.1 Å². The molecule has 2 aliphatic heterocycles. The van der Waals surface area contributed by atoms with Crippen molar-refractivity contribution in [1.29, 1.82) is 0 Å². The molecule has 0 radical (unpaired) electrons. The fourth-order valence-electron chi connectivity index (χ4n) is 3.72. The molecule has 0 saturated carbocycles. The number of hydrogen-bond donors (Lipinski definition) is 3. The van der Waals surface area contributed by atoms with Crippen molar-refractivity contribution >= 4 is 23.6 Å². The molecule has 3 rings (SSSR count). The molecule has 2 heterocycles. The van der Waals surface area contributed by atoms with Gasteiger partial charge in [-0.25, -0.2) is 9.80 Å². The number of fused-ring (bicyclic) bond motifs is 1. The van der Waals surface area contributed by atoms with Gasteiger partial charge in [0.05, 0.1) is 12.6 Å². The lowest BCUT2D eigenvalue weighted by Gasteiger charge is -2.30. The van der Waals surface area contributed by atoms with Crippen LogP contribution in [0, 0.1) is 0 Å². The zero-order chi connectivity index (χ0) is 20.3. The molecule has 2 aliphatic rings. The number of carboxylic acids is 2. The Morgan fingerprint density at radius 3 is 2.54 bits per heavy atom. The van der Waals surface area contributed by atoms with Crippen LogP contribution in [-0.4, -0.2) is 75.1 Å². The monoisotopic (exact) mass is 389 g/mol. The Balaban J connectivity index is 1.73. The van der Waals surface area contributed by atoms with Gasteiger partial charge in [-0.15, -0.1) is 0 Å². The molecule has 0 aromatic heterocycles. The van der Waals surface area contributed by atoms with E-state index in [4.69, 9.17) is 0 Å². The zero-order valence-electron chi connectivity index (χ0n) is 15.3. The molecular weight excluding hydrogens is 366 g/mol. The molecule has 3 atom stereocenters. The van der Waals surface area contributed by atoms with Gasteiger partial charge in [-0.3, -0.25) is 24.7 Å². The van der Waals surface area contributed by atoms with E-state index in [1.807, 2.05) is 30.3 Å². The van der Waals surface area contributed by atoms with E-state index in [0.717, 1.165) is 10.6 Å². The summed E-state index contributed by atoms with van der Waals surface area (Å²) in [7, 11) is 0. The van der Waals surface area contributed by atoms with Crippen molar-refractivity contribution in [2.24, 2.45) is 0 Å². The van der Waals surface area contributed by atoms with Crippen molar-refractivity contribution in [2.45, 2.75) is 43.8 Å². The number of benzene rings is 1. The fraction of sp³-hybridized carbons (Fsp3) is 0.474. The highest BCUT2D eigenvalue weighted by Crippen LogP contribution is 2.24. The van der Waals surface area contributed by atoms with Crippen LogP contribution in [-0.2, 0) is 25.6 Å². The van der Waals surface area contributed by atoms with Gasteiger partial charge in [0, 0.05) is 13.0 Å². The van der Waals surface area contributed by atoms with Crippen molar-refractivity contribution in [3.05, 3.63) is 35.9 Å². The number of ketones is 1. The van der Waals surface area contributed by atoms with Gasteiger partial charge in [0.25, 0.3) is 5.91 Å². The second-order valence-corrected chi connectivity index (χ2v) is 7.09. The number of nitrogens with one attached hydrogen (secondary N) is 1. The first-order chi connectivity index (χ1) is 13.4. The first-order valence-corrected chi connectivity index (χ1v) is 9.22. The van der Waals surface area contributed by atoms with Crippen molar-refractivity contribution in [1.82, 2.24) is 15.3 Å². The molecule has 28 heavy (non-hydrogen) atoms. The van der Waals surface area contributed by atoms with E-state index in [1.54, 1.807) is 0 Å². The van der Waals surface area contributed by atoms with E-state index < -0.39 is 36.0 Å². The maximum absolute atomic E-state index is 12.9. The minimum atomic E-state index is -1.14. The average molecular weight is 389 g/mol. The van der Waals surface area contributed by atoms with Gasteiger partial charge >= 0.3 is 11.9 Å². The van der Waals surface area contributed by atoms with Gasteiger partial charge in [-0.05, 0) is 24.8 Å². The summed E-state index contributed by atoms with van der Waals surface area (Å²) in [5.41, 5.74) is 0.968. The third-order valence-electron chi connectivity index (χ3n) is 5.13. The number of carbonyl (C=O) groups excluding carboxylic acids is 2. The van der Waals surface area contributed by atoms with Crippen LogP contribution in [0.15, 0.2) is 30.3 Å². The van der Waals surface area contributed by atoms with Gasteiger partial charge in [-0.1, -0.05) is 30.3 Å². The second kappa shape index (κ2) is 8.49. The highest BCUT2D eigenvalue weighted by atomic mass is 16.4. The molecule has 3 N–H and O–H groups in total. The van der Waals surface area contributed by atoms with Gasteiger partial charge in [0.2, 0.25) is 0 Å². The van der Waals surface area contributed by atoms with Crippen LogP contribution in [0.1, 0.15) is 24.8 Å². The first kappa shape index (κ1) is 20.0. The maximum atomic E-state index is 12.9. The molecule has 9 heteroatoms. The third-order valence-corrected chi connectivity index (χ3v) is 5.13. The summed E-state index contributed by atoms with van der Waals surface area (Å²) >= 11 is 0. The van der Waals surface area contributed by atoms with E-state index in [9.17, 15) is 29.4 Å². The quantitative estimate of drug-likeness (QED) is 0.590. The maximum Gasteiger partial charge on any atom is 0.328 e. The van der Waals surface area contributed by atoms with E-state index in [0.29, 0.717) is 13.0 Å². The standard InChI is InChI=1S/C19H23N3O6/c23-13-10-15(17(24)22-16(19(27)28)8-9-21(22)11-13)20-14(18(25)26)7-6-12-4-2-1-3-5-12/h1-5,14-16,20H,6-11H2,(H,25,26)(H,27,28). The normalized spacial score (nSPS) is 23.9. The Hall–Kier alpha value is -2.78. The molecule has 1 aromatic rings. The van der Waals surface area contributed by atoms with Crippen LogP contribution < -0.4 is 5.32 Å². The van der Waals surface area contributed by atoms with Crippen LogP contribution in [0.4, 0.5) is 0 Å². The lowest BCUT2D eigenvalue weighted by molar-refractivity contribution is -0.160. The second-order valence-electron chi connectivity index (χ2n) is 7.09. The van der Waals surface area contributed by atoms with Gasteiger partial charge in [-0.2, -0.15) is 0 Å². The Morgan fingerprint density at radius 1 is 1.18 bits per heavy atom. The first-order valence-electron chi connectivity index (χ1n) is 9.22. The van der Waals surface area contributed by atoms with Gasteiger partial charge < -0.3 is 10.2 Å². The number of hydrogen-bond acceptors (Lipinski definition) is 6. The van der Waals surface area contributed by atoms with E-state index in [1.165, 1.54) is 5.01 Å². The highest BCUT2D eigenvalue weighted by molar-refractivity contribution is 5.94. The van der Waals surface area contributed by atoms with Crippen LogP contribution in [0.2, 0.25) is 0 Å². The Kier molecular flexibility index (Phi) is 6.05. The number of Topliss-reactive ketones (excluding diaryl/α,β-unsaturated/α-hetero) is 1. The SMILES string of the molecule is O=C1CC(NC(CCc2ccccc2)C(=O)O)C(=O)N2C(C(=O)O)CCN2C1. The van der Waals surface area contributed by atoms with E-state index in [-0.39, 0.29) is 31.6 Å². The lowest BCUT2D eigenvalue weighted by Crippen LogP contribution is -2.56. The minimum Gasteiger partial charge on any atom is -0.480 e. The minimum absolute atomic E-state index is 0.0462. The molecular formula is C19H23N3O6. The molecule has 0 aliphatic carbocycles. The summed E-state index contributed by atoms with van der Waals surface area (Å²) < 4.78 is 0. The molecule has 0 spiro atoms. The molecule has 1 aromatic carbocycles. The molecule has 3 unspecified atom stereocenters. The molecule has 9 nitrogen and oxygen atoms in total. The summed E-state index contributed by atoms with van der Waals surface area (Å²) in [4.78, 5) is 48.3. The average Bonchev–Trinajstić information content (AvgIpc) is 3.03. The summed E-state index contributed by atoms with van der Waals surface area (Å²) in [6.07, 6.45) is 0.807. The van der Waals surface area contributed by atoms with Crippen molar-refractivity contribution in [2.75, 3.05) is 13.1 Å². The van der Waals surface area contributed by atoms with E-state index in [2.05, 4.69) is 5.32 Å². The lowest BCUT2D eigenvalue weighted by atomic mass is 10.0. The Morgan fingerprint density at radius 2 is 1.89 bits per heavy atom. The number of amides is 1. The Bertz CT molecular complexity index is 768. The number of aliphatic carboxylic acids is 2. The molecule has 150 valence electrons. The van der Waals surface area contributed by atoms with Crippen molar-refractivity contribution < 1.29 is 29.4 Å².